The summed E-state index contributed by atoms with van der Waals surface area (Å²) in [6, 6.07) is 9.87. The van der Waals surface area contributed by atoms with E-state index in [2.05, 4.69) is 34.2 Å². The van der Waals surface area contributed by atoms with Gasteiger partial charge in [-0.05, 0) is 82.4 Å². The summed E-state index contributed by atoms with van der Waals surface area (Å²) < 4.78 is 12.0. The SMILES string of the molecule is C=CCOc1c(I)cc(C=C2SC(=Nc3ccc(C(=O)O)cc3)N(C)C2=O)cc1OC. The van der Waals surface area contributed by atoms with Gasteiger partial charge in [0, 0.05) is 7.05 Å². The Morgan fingerprint density at radius 1 is 1.32 bits per heavy atom. The largest absolute Gasteiger partial charge is 0.493 e. The van der Waals surface area contributed by atoms with Gasteiger partial charge in [-0.1, -0.05) is 12.7 Å². The highest BCUT2D eigenvalue weighted by molar-refractivity contribution is 14.1. The van der Waals surface area contributed by atoms with Crippen LogP contribution in [0.25, 0.3) is 6.08 Å². The first kappa shape index (κ1) is 22.9. The van der Waals surface area contributed by atoms with Crippen LogP contribution in [0, 0.1) is 3.57 Å². The first-order valence-electron chi connectivity index (χ1n) is 9.05. The number of amidine groups is 1. The van der Waals surface area contributed by atoms with Crippen LogP contribution in [-0.2, 0) is 4.79 Å². The number of nitrogens with zero attached hydrogens (tertiary/aromatic N) is 2. The van der Waals surface area contributed by atoms with Gasteiger partial charge in [0.15, 0.2) is 16.7 Å². The molecular weight excluding hydrogens is 531 g/mol. The Bertz CT molecular complexity index is 1100. The minimum atomic E-state index is -1.00. The Balaban J connectivity index is 1.88. The molecule has 1 aliphatic heterocycles. The monoisotopic (exact) mass is 550 g/mol. The molecule has 2 aromatic rings. The standard InChI is InChI=1S/C22H19IN2O5S/c1-4-9-30-19-16(23)10-13(11-17(19)29-3)12-18-20(26)25(2)22(31-18)24-15-7-5-14(6-8-15)21(27)28/h4-8,10-12H,1,9H2,2-3H3,(H,27,28). The first-order valence-corrected chi connectivity index (χ1v) is 10.9. The summed E-state index contributed by atoms with van der Waals surface area (Å²) in [4.78, 5) is 30.2. The highest BCUT2D eigenvalue weighted by Crippen LogP contribution is 2.37. The highest BCUT2D eigenvalue weighted by Gasteiger charge is 2.30. The number of halogens is 1. The quantitative estimate of drug-likeness (QED) is 0.303. The predicted octanol–water partition coefficient (Wildman–Crippen LogP) is 4.80. The van der Waals surface area contributed by atoms with Gasteiger partial charge in [-0.2, -0.15) is 0 Å². The van der Waals surface area contributed by atoms with Gasteiger partial charge < -0.3 is 14.6 Å². The van der Waals surface area contributed by atoms with Crippen LogP contribution in [0.5, 0.6) is 11.5 Å². The summed E-state index contributed by atoms with van der Waals surface area (Å²) in [5.74, 6) is 0.0151. The number of benzene rings is 2. The van der Waals surface area contributed by atoms with E-state index in [1.165, 1.54) is 28.8 Å². The molecule has 1 aliphatic rings. The topological polar surface area (TPSA) is 88.4 Å². The maximum Gasteiger partial charge on any atom is 0.335 e. The van der Waals surface area contributed by atoms with Crippen molar-refractivity contribution in [3.05, 3.63) is 68.7 Å². The zero-order valence-electron chi connectivity index (χ0n) is 16.8. The van der Waals surface area contributed by atoms with Gasteiger partial charge in [0.2, 0.25) is 0 Å². The van der Waals surface area contributed by atoms with E-state index in [4.69, 9.17) is 14.6 Å². The summed E-state index contributed by atoms with van der Waals surface area (Å²) in [5, 5.41) is 9.51. The predicted molar refractivity (Wildman–Crippen MR) is 130 cm³/mol. The average Bonchev–Trinajstić information content (AvgIpc) is 3.00. The van der Waals surface area contributed by atoms with Gasteiger partial charge in [0.25, 0.3) is 5.91 Å². The molecule has 3 rings (SSSR count). The van der Waals surface area contributed by atoms with Crippen molar-refractivity contribution in [3.63, 3.8) is 0 Å². The molecule has 7 nitrogen and oxygen atoms in total. The van der Waals surface area contributed by atoms with Crippen molar-refractivity contribution in [1.29, 1.82) is 0 Å². The molecule has 0 radical (unpaired) electrons. The Labute approximate surface area is 197 Å². The summed E-state index contributed by atoms with van der Waals surface area (Å²) >= 11 is 3.41. The lowest BCUT2D eigenvalue weighted by Gasteiger charge is -2.12. The van der Waals surface area contributed by atoms with Gasteiger partial charge in [0.1, 0.15) is 6.61 Å². The third-order valence-corrected chi connectivity index (χ3v) is 6.10. The van der Waals surface area contributed by atoms with Gasteiger partial charge in [-0.25, -0.2) is 9.79 Å². The van der Waals surface area contributed by atoms with Crippen molar-refractivity contribution in [3.8, 4) is 11.5 Å². The fraction of sp³-hybridized carbons (Fsp3) is 0.136. The second-order valence-corrected chi connectivity index (χ2v) is 8.53. The lowest BCUT2D eigenvalue weighted by Crippen LogP contribution is -2.23. The van der Waals surface area contributed by atoms with Crippen molar-refractivity contribution >= 4 is 63.2 Å². The number of amides is 1. The van der Waals surface area contributed by atoms with Crippen LogP contribution < -0.4 is 9.47 Å². The van der Waals surface area contributed by atoms with Crippen LogP contribution >= 0.6 is 34.4 Å². The summed E-state index contributed by atoms with van der Waals surface area (Å²) in [5.41, 5.74) is 1.54. The van der Waals surface area contributed by atoms with E-state index in [9.17, 15) is 9.59 Å². The molecule has 0 bridgehead atoms. The molecule has 0 unspecified atom stereocenters. The molecule has 9 heteroatoms. The Morgan fingerprint density at radius 3 is 2.65 bits per heavy atom. The number of carbonyl (C=O) groups excluding carboxylic acids is 1. The molecule has 31 heavy (non-hydrogen) atoms. The van der Waals surface area contributed by atoms with E-state index in [1.807, 2.05) is 6.07 Å². The Hall–Kier alpha value is -2.79. The molecule has 2 aromatic carbocycles. The molecule has 1 N–H and O–H groups in total. The summed E-state index contributed by atoms with van der Waals surface area (Å²) in [6.07, 6.45) is 3.44. The fourth-order valence-electron chi connectivity index (χ4n) is 2.70. The minimum absolute atomic E-state index is 0.174. The number of carboxylic acids is 1. The van der Waals surface area contributed by atoms with Gasteiger partial charge in [-0.15, -0.1) is 0 Å². The minimum Gasteiger partial charge on any atom is -0.493 e. The molecule has 0 saturated carbocycles. The van der Waals surface area contributed by atoms with E-state index in [0.29, 0.717) is 33.9 Å². The number of rotatable bonds is 7. The molecule has 1 heterocycles. The van der Waals surface area contributed by atoms with E-state index in [1.54, 1.807) is 44.5 Å². The molecule has 160 valence electrons. The number of ether oxygens (including phenoxy) is 2. The van der Waals surface area contributed by atoms with Gasteiger partial charge in [-0.3, -0.25) is 9.69 Å². The molecule has 1 saturated heterocycles. The number of likely N-dealkylation sites (N-methyl/N-ethyl adjacent to an activating group) is 1. The van der Waals surface area contributed by atoms with Crippen molar-refractivity contribution in [1.82, 2.24) is 4.90 Å². The zero-order chi connectivity index (χ0) is 22.5. The Morgan fingerprint density at radius 2 is 2.03 bits per heavy atom. The third-order valence-electron chi connectivity index (χ3n) is 4.24. The van der Waals surface area contributed by atoms with Crippen LogP contribution in [0.15, 0.2) is 59.0 Å². The van der Waals surface area contributed by atoms with E-state index in [-0.39, 0.29) is 11.5 Å². The number of aliphatic imine (C=N–C) groups is 1. The van der Waals surface area contributed by atoms with Crippen LogP contribution in [0.4, 0.5) is 5.69 Å². The van der Waals surface area contributed by atoms with Crippen LogP contribution in [0.3, 0.4) is 0 Å². The van der Waals surface area contributed by atoms with Gasteiger partial charge >= 0.3 is 5.97 Å². The second-order valence-electron chi connectivity index (χ2n) is 6.36. The van der Waals surface area contributed by atoms with Crippen molar-refractivity contribution in [2.45, 2.75) is 0 Å². The number of hydrogen-bond acceptors (Lipinski definition) is 6. The van der Waals surface area contributed by atoms with E-state index < -0.39 is 5.97 Å². The molecule has 0 spiro atoms. The van der Waals surface area contributed by atoms with Crippen LogP contribution in [0.2, 0.25) is 0 Å². The van der Waals surface area contributed by atoms with Crippen LogP contribution in [-0.4, -0.2) is 47.8 Å². The lowest BCUT2D eigenvalue weighted by molar-refractivity contribution is -0.121. The number of carboxylic acid groups (broad SMARTS) is 1. The Kier molecular flexibility index (Phi) is 7.39. The fourth-order valence-corrected chi connectivity index (χ4v) is 4.47. The number of thioether (sulfide) groups is 1. The van der Waals surface area contributed by atoms with Crippen molar-refractivity contribution in [2.24, 2.45) is 4.99 Å². The van der Waals surface area contributed by atoms with E-state index in [0.717, 1.165) is 9.13 Å². The average molecular weight is 550 g/mol. The number of carbonyl (C=O) groups is 2. The van der Waals surface area contributed by atoms with Gasteiger partial charge in [0.05, 0.1) is 26.8 Å². The number of hydrogen-bond donors (Lipinski definition) is 1. The second kappa shape index (κ2) is 10.0. The lowest BCUT2D eigenvalue weighted by atomic mass is 10.2. The maximum atomic E-state index is 12.7. The molecule has 0 aliphatic carbocycles. The van der Waals surface area contributed by atoms with Crippen molar-refractivity contribution in [2.75, 3.05) is 20.8 Å². The number of aromatic carboxylic acids is 1. The van der Waals surface area contributed by atoms with E-state index >= 15 is 0 Å². The molecule has 1 fully saturated rings. The zero-order valence-corrected chi connectivity index (χ0v) is 19.8. The molecule has 0 atom stereocenters. The molecule has 1 amide bonds. The summed E-state index contributed by atoms with van der Waals surface area (Å²) in [7, 11) is 3.21. The van der Waals surface area contributed by atoms with Crippen LogP contribution in [0.1, 0.15) is 15.9 Å². The smallest absolute Gasteiger partial charge is 0.335 e. The normalized spacial score (nSPS) is 16.1. The first-order chi connectivity index (χ1) is 14.8. The summed E-state index contributed by atoms with van der Waals surface area (Å²) in [6.45, 7) is 4.01. The number of methoxy groups -OCH3 is 1. The molecule has 0 aromatic heterocycles. The highest BCUT2D eigenvalue weighted by atomic mass is 127. The maximum absolute atomic E-state index is 12.7. The third kappa shape index (κ3) is 5.28. The molecular formula is C22H19IN2O5S. The van der Waals surface area contributed by atoms with Crippen molar-refractivity contribution < 1.29 is 24.2 Å².